The van der Waals surface area contributed by atoms with Gasteiger partial charge >= 0.3 is 0 Å². The summed E-state index contributed by atoms with van der Waals surface area (Å²) in [6, 6.07) is 3.01. The van der Waals surface area contributed by atoms with Crippen molar-refractivity contribution in [3.8, 4) is 0 Å². The first kappa shape index (κ1) is 17.9. The summed E-state index contributed by atoms with van der Waals surface area (Å²) < 4.78 is 26.7. The van der Waals surface area contributed by atoms with E-state index in [1.165, 1.54) is 17.0 Å². The minimum Gasteiger partial charge on any atom is -0.357 e. The third-order valence-electron chi connectivity index (χ3n) is 3.00. The topological polar surface area (TPSA) is 56.7 Å². The molecule has 0 aliphatic rings. The van der Waals surface area contributed by atoms with Crippen LogP contribution in [0.15, 0.2) is 23.2 Å². The number of benzene rings is 1. The van der Waals surface area contributed by atoms with Gasteiger partial charge in [-0.2, -0.15) is 0 Å². The average Bonchev–Trinajstić information content (AvgIpc) is 2.44. The summed E-state index contributed by atoms with van der Waals surface area (Å²) in [4.78, 5) is 17.2. The molecule has 0 heterocycles. The van der Waals surface area contributed by atoms with E-state index >= 15 is 0 Å². The van der Waals surface area contributed by atoms with E-state index in [-0.39, 0.29) is 12.5 Å². The van der Waals surface area contributed by atoms with Crippen LogP contribution < -0.4 is 10.6 Å². The summed E-state index contributed by atoms with van der Waals surface area (Å²) >= 11 is 0. The van der Waals surface area contributed by atoms with Crippen molar-refractivity contribution in [2.24, 2.45) is 4.99 Å². The van der Waals surface area contributed by atoms with Crippen LogP contribution in [0.25, 0.3) is 0 Å². The molecule has 2 N–H and O–H groups in total. The molecule has 122 valence electrons. The van der Waals surface area contributed by atoms with Gasteiger partial charge < -0.3 is 15.5 Å². The van der Waals surface area contributed by atoms with Gasteiger partial charge in [-0.1, -0.05) is 6.07 Å². The van der Waals surface area contributed by atoms with Crippen LogP contribution in [-0.4, -0.2) is 44.0 Å². The monoisotopic (exact) mass is 312 g/mol. The van der Waals surface area contributed by atoms with Crippen molar-refractivity contribution < 1.29 is 13.6 Å². The molecule has 0 fully saturated rings. The van der Waals surface area contributed by atoms with E-state index in [1.807, 2.05) is 6.92 Å². The number of hydrogen-bond donors (Lipinski definition) is 2. The van der Waals surface area contributed by atoms with E-state index in [0.717, 1.165) is 6.07 Å². The van der Waals surface area contributed by atoms with Gasteiger partial charge in [-0.15, -0.1) is 0 Å². The number of aliphatic imine (C=N–C) groups is 1. The number of amides is 1. The fourth-order valence-electron chi connectivity index (χ4n) is 1.74. The highest BCUT2D eigenvalue weighted by molar-refractivity contribution is 5.84. The van der Waals surface area contributed by atoms with Gasteiger partial charge in [0, 0.05) is 32.3 Å². The SMILES string of the molecule is CCNC(=NCC(=O)N(C)C)NC(C)c1ccc(F)cc1F. The third kappa shape index (κ3) is 5.31. The van der Waals surface area contributed by atoms with Crippen molar-refractivity contribution in [1.29, 1.82) is 0 Å². The number of nitrogens with zero attached hydrogens (tertiary/aromatic N) is 2. The summed E-state index contributed by atoms with van der Waals surface area (Å²) in [5.41, 5.74) is 0.325. The molecule has 1 aromatic carbocycles. The Morgan fingerprint density at radius 1 is 1.36 bits per heavy atom. The van der Waals surface area contributed by atoms with Crippen molar-refractivity contribution in [2.75, 3.05) is 27.2 Å². The molecule has 0 bridgehead atoms. The Kier molecular flexibility index (Phi) is 6.75. The van der Waals surface area contributed by atoms with Crippen molar-refractivity contribution in [1.82, 2.24) is 15.5 Å². The molecule has 0 radical (unpaired) electrons. The lowest BCUT2D eigenvalue weighted by Gasteiger charge is -2.19. The van der Waals surface area contributed by atoms with Gasteiger partial charge in [-0.05, 0) is 19.9 Å². The van der Waals surface area contributed by atoms with Crippen LogP contribution in [0.5, 0.6) is 0 Å². The zero-order valence-corrected chi connectivity index (χ0v) is 13.3. The summed E-state index contributed by atoms with van der Waals surface area (Å²) in [6.45, 7) is 4.20. The minimum atomic E-state index is -0.625. The number of carbonyl (C=O) groups is 1. The highest BCUT2D eigenvalue weighted by Crippen LogP contribution is 2.17. The van der Waals surface area contributed by atoms with Crippen LogP contribution in [0.1, 0.15) is 25.5 Å². The molecule has 0 aliphatic heterocycles. The number of rotatable bonds is 5. The molecule has 5 nitrogen and oxygen atoms in total. The normalized spacial score (nSPS) is 12.7. The highest BCUT2D eigenvalue weighted by Gasteiger charge is 2.13. The molecule has 1 atom stereocenters. The molecule has 0 aliphatic carbocycles. The minimum absolute atomic E-state index is 0.0129. The molecule has 0 saturated heterocycles. The first-order valence-corrected chi connectivity index (χ1v) is 7.05. The largest absolute Gasteiger partial charge is 0.357 e. The molecular weight excluding hydrogens is 290 g/mol. The first-order chi connectivity index (χ1) is 10.3. The zero-order chi connectivity index (χ0) is 16.7. The molecule has 0 saturated carbocycles. The van der Waals surface area contributed by atoms with E-state index < -0.39 is 17.7 Å². The Balaban J connectivity index is 2.81. The lowest BCUT2D eigenvalue weighted by atomic mass is 10.1. The number of likely N-dealkylation sites (N-methyl/N-ethyl adjacent to an activating group) is 1. The third-order valence-corrected chi connectivity index (χ3v) is 3.00. The van der Waals surface area contributed by atoms with Crippen LogP contribution in [-0.2, 0) is 4.79 Å². The Labute approximate surface area is 129 Å². The molecule has 1 amide bonds. The van der Waals surface area contributed by atoms with Gasteiger partial charge in [-0.25, -0.2) is 13.8 Å². The fraction of sp³-hybridized carbons (Fsp3) is 0.467. The standard InChI is InChI=1S/C15H22F2N4O/c1-5-18-15(19-9-14(22)21(3)4)20-10(2)12-7-6-11(16)8-13(12)17/h6-8,10H,5,9H2,1-4H3,(H2,18,19,20). The first-order valence-electron chi connectivity index (χ1n) is 7.05. The van der Waals surface area contributed by atoms with Gasteiger partial charge in [0.15, 0.2) is 5.96 Å². The van der Waals surface area contributed by atoms with Gasteiger partial charge in [0.2, 0.25) is 5.91 Å². The van der Waals surface area contributed by atoms with Crippen molar-refractivity contribution in [2.45, 2.75) is 19.9 Å². The van der Waals surface area contributed by atoms with E-state index in [9.17, 15) is 13.6 Å². The van der Waals surface area contributed by atoms with Crippen LogP contribution in [0.3, 0.4) is 0 Å². The van der Waals surface area contributed by atoms with Gasteiger partial charge in [0.05, 0.1) is 6.04 Å². The molecule has 1 unspecified atom stereocenters. The van der Waals surface area contributed by atoms with Gasteiger partial charge in [0.1, 0.15) is 18.2 Å². The smallest absolute Gasteiger partial charge is 0.243 e. The zero-order valence-electron chi connectivity index (χ0n) is 13.3. The molecule has 0 aromatic heterocycles. The fourth-order valence-corrected chi connectivity index (χ4v) is 1.74. The maximum atomic E-state index is 13.8. The Hall–Kier alpha value is -2.18. The molecule has 7 heteroatoms. The number of nitrogens with one attached hydrogen (secondary N) is 2. The molecular formula is C15H22F2N4O. The summed E-state index contributed by atoms with van der Waals surface area (Å²) in [5.74, 6) is -0.988. The van der Waals surface area contributed by atoms with Crippen LogP contribution in [0, 0.1) is 11.6 Å². The van der Waals surface area contributed by atoms with Crippen LogP contribution >= 0.6 is 0 Å². The number of hydrogen-bond acceptors (Lipinski definition) is 2. The summed E-state index contributed by atoms with van der Waals surface area (Å²) in [6.07, 6.45) is 0. The number of carbonyl (C=O) groups excluding carboxylic acids is 1. The Morgan fingerprint density at radius 3 is 2.59 bits per heavy atom. The highest BCUT2D eigenvalue weighted by atomic mass is 19.1. The van der Waals surface area contributed by atoms with Crippen LogP contribution in [0.4, 0.5) is 8.78 Å². The van der Waals surface area contributed by atoms with Crippen LogP contribution in [0.2, 0.25) is 0 Å². The molecule has 1 aromatic rings. The summed E-state index contributed by atoms with van der Waals surface area (Å²) in [5, 5.41) is 5.97. The summed E-state index contributed by atoms with van der Waals surface area (Å²) in [7, 11) is 3.30. The van der Waals surface area contributed by atoms with E-state index in [4.69, 9.17) is 0 Å². The lowest BCUT2D eigenvalue weighted by molar-refractivity contribution is -0.127. The van der Waals surface area contributed by atoms with Crippen molar-refractivity contribution in [3.63, 3.8) is 0 Å². The van der Waals surface area contributed by atoms with E-state index in [0.29, 0.717) is 18.1 Å². The lowest BCUT2D eigenvalue weighted by Crippen LogP contribution is -2.39. The predicted octanol–water partition coefficient (Wildman–Crippen LogP) is 1.67. The molecule has 0 spiro atoms. The van der Waals surface area contributed by atoms with E-state index in [2.05, 4.69) is 15.6 Å². The maximum absolute atomic E-state index is 13.8. The van der Waals surface area contributed by atoms with Gasteiger partial charge in [-0.3, -0.25) is 4.79 Å². The van der Waals surface area contributed by atoms with Gasteiger partial charge in [0.25, 0.3) is 0 Å². The number of halogens is 2. The molecule has 22 heavy (non-hydrogen) atoms. The second-order valence-electron chi connectivity index (χ2n) is 5.02. The Morgan fingerprint density at radius 2 is 2.05 bits per heavy atom. The molecule has 1 rings (SSSR count). The maximum Gasteiger partial charge on any atom is 0.243 e. The quantitative estimate of drug-likeness (QED) is 0.642. The second kappa shape index (κ2) is 8.31. The Bertz CT molecular complexity index is 546. The van der Waals surface area contributed by atoms with E-state index in [1.54, 1.807) is 21.0 Å². The second-order valence-corrected chi connectivity index (χ2v) is 5.02. The van der Waals surface area contributed by atoms with Crippen molar-refractivity contribution in [3.05, 3.63) is 35.4 Å². The number of guanidine groups is 1. The average molecular weight is 312 g/mol. The predicted molar refractivity (Wildman–Crippen MR) is 82.6 cm³/mol. The van der Waals surface area contributed by atoms with Crippen molar-refractivity contribution >= 4 is 11.9 Å².